The van der Waals surface area contributed by atoms with E-state index in [-0.39, 0.29) is 19.0 Å². The molecule has 0 spiro atoms. The van der Waals surface area contributed by atoms with Crippen LogP contribution in [0.4, 0.5) is 0 Å². The topological polar surface area (TPSA) is 120 Å². The van der Waals surface area contributed by atoms with Crippen molar-refractivity contribution in [2.45, 2.75) is 79.6 Å². The zero-order valence-electron chi connectivity index (χ0n) is 22.7. The molecular weight excluding hydrogens is 488 g/mol. The first-order chi connectivity index (χ1) is 18.5. The third kappa shape index (κ3) is 4.33. The quantitative estimate of drug-likeness (QED) is 0.356. The highest BCUT2D eigenvalue weighted by Crippen LogP contribution is 2.47. The molecular formula is C29H36N2O7. The van der Waals surface area contributed by atoms with E-state index in [1.165, 1.54) is 5.56 Å². The molecule has 0 bridgehead atoms. The van der Waals surface area contributed by atoms with Gasteiger partial charge in [-0.25, -0.2) is 9.78 Å². The third-order valence-electron chi connectivity index (χ3n) is 6.87. The van der Waals surface area contributed by atoms with Gasteiger partial charge >= 0.3 is 5.97 Å². The van der Waals surface area contributed by atoms with Gasteiger partial charge in [0, 0.05) is 34.7 Å². The van der Waals surface area contributed by atoms with Gasteiger partial charge in [-0.15, -0.1) is 0 Å². The average molecular weight is 525 g/mol. The summed E-state index contributed by atoms with van der Waals surface area (Å²) in [4.78, 5) is 29.9. The van der Waals surface area contributed by atoms with Crippen molar-refractivity contribution in [3.63, 3.8) is 0 Å². The molecule has 1 aromatic carbocycles. The molecule has 0 radical (unpaired) electrons. The van der Waals surface area contributed by atoms with Crippen molar-refractivity contribution in [3.8, 4) is 22.9 Å². The molecule has 4 aliphatic rings. The molecule has 1 aliphatic carbocycles. The van der Waals surface area contributed by atoms with Gasteiger partial charge in [0.15, 0.2) is 17.6 Å². The summed E-state index contributed by atoms with van der Waals surface area (Å²) in [5.74, 6) is 0.785. The van der Waals surface area contributed by atoms with Gasteiger partial charge in [0.2, 0.25) is 6.79 Å². The molecule has 3 aliphatic heterocycles. The van der Waals surface area contributed by atoms with E-state index < -0.39 is 12.1 Å². The van der Waals surface area contributed by atoms with E-state index in [9.17, 15) is 14.7 Å². The Balaban J connectivity index is 0.000000381. The first kappa shape index (κ1) is 27.6. The second-order valence-corrected chi connectivity index (χ2v) is 8.84. The lowest BCUT2D eigenvalue weighted by Gasteiger charge is -2.21. The van der Waals surface area contributed by atoms with Crippen LogP contribution in [0.1, 0.15) is 81.4 Å². The van der Waals surface area contributed by atoms with Crippen molar-refractivity contribution >= 4 is 16.9 Å². The fraction of sp³-hybridized carbons (Fsp3) is 0.483. The number of aromatic nitrogens is 2. The lowest BCUT2D eigenvalue weighted by atomic mass is 9.86. The fourth-order valence-electron chi connectivity index (χ4n) is 5.30. The molecule has 2 aromatic heterocycles. The summed E-state index contributed by atoms with van der Waals surface area (Å²) in [7, 11) is 0. The van der Waals surface area contributed by atoms with E-state index in [0.29, 0.717) is 35.7 Å². The molecule has 5 heterocycles. The maximum Gasteiger partial charge on any atom is 0.340 e. The van der Waals surface area contributed by atoms with Crippen LogP contribution in [0.3, 0.4) is 0 Å². The molecule has 0 amide bonds. The summed E-state index contributed by atoms with van der Waals surface area (Å²) in [5.41, 5.74) is 5.95. The minimum Gasteiger partial charge on any atom is -0.458 e. The smallest absolute Gasteiger partial charge is 0.340 e. The van der Waals surface area contributed by atoms with Gasteiger partial charge in [0.25, 0.3) is 5.56 Å². The molecule has 0 saturated heterocycles. The Hall–Kier alpha value is -3.43. The van der Waals surface area contributed by atoms with Crippen molar-refractivity contribution < 1.29 is 29.2 Å². The number of rotatable bonds is 1. The Morgan fingerprint density at radius 3 is 2.42 bits per heavy atom. The predicted octanol–water partition coefficient (Wildman–Crippen LogP) is 4.17. The van der Waals surface area contributed by atoms with Gasteiger partial charge in [0.05, 0.1) is 29.0 Å². The van der Waals surface area contributed by atoms with Crippen LogP contribution in [0.25, 0.3) is 22.3 Å². The van der Waals surface area contributed by atoms with Crippen LogP contribution in [0.15, 0.2) is 16.9 Å². The highest BCUT2D eigenvalue weighted by atomic mass is 16.7. The van der Waals surface area contributed by atoms with E-state index >= 15 is 0 Å². The summed E-state index contributed by atoms with van der Waals surface area (Å²) < 4.78 is 18.0. The lowest BCUT2D eigenvalue weighted by molar-refractivity contribution is -0.157. The fourth-order valence-corrected chi connectivity index (χ4v) is 5.30. The van der Waals surface area contributed by atoms with E-state index in [4.69, 9.17) is 24.3 Å². The Kier molecular flexibility index (Phi) is 8.38. The highest BCUT2D eigenvalue weighted by Gasteiger charge is 2.36. The first-order valence-electron chi connectivity index (χ1n) is 13.5. The number of aliphatic hydroxyl groups is 2. The number of hydrogen-bond donors (Lipinski definition) is 2. The molecule has 7 rings (SSSR count). The van der Waals surface area contributed by atoms with Crippen molar-refractivity contribution in [2.75, 3.05) is 13.4 Å². The largest absolute Gasteiger partial charge is 0.458 e. The van der Waals surface area contributed by atoms with Crippen molar-refractivity contribution in [1.29, 1.82) is 0 Å². The number of carbonyl (C=O) groups is 1. The number of nitrogens with zero attached hydrogens (tertiary/aromatic N) is 2. The van der Waals surface area contributed by atoms with Crippen LogP contribution in [-0.4, -0.2) is 39.1 Å². The highest BCUT2D eigenvalue weighted by molar-refractivity contribution is 5.94. The van der Waals surface area contributed by atoms with Crippen LogP contribution >= 0.6 is 0 Å². The summed E-state index contributed by atoms with van der Waals surface area (Å²) in [5, 5.41) is 19.3. The van der Waals surface area contributed by atoms with Crippen LogP contribution in [0.2, 0.25) is 0 Å². The average Bonchev–Trinajstić information content (AvgIpc) is 3.59. The van der Waals surface area contributed by atoms with Crippen LogP contribution in [0, 0.1) is 0 Å². The van der Waals surface area contributed by atoms with E-state index in [0.717, 1.165) is 59.2 Å². The van der Waals surface area contributed by atoms with Crippen LogP contribution < -0.4 is 15.0 Å². The van der Waals surface area contributed by atoms with Crippen LogP contribution in [0.5, 0.6) is 11.5 Å². The SMILES string of the molecule is CC.CC.CCCO.O=C1OCc2c(cc3n(c2=O)Cc2c-3nc3cc4c(c5c3c2CCC5)OCO4)C1O. The number of cyclic esters (lactones) is 1. The van der Waals surface area contributed by atoms with E-state index in [1.54, 1.807) is 10.6 Å². The monoisotopic (exact) mass is 524 g/mol. The first-order valence-corrected chi connectivity index (χ1v) is 13.5. The number of hydrogen-bond acceptors (Lipinski definition) is 8. The van der Waals surface area contributed by atoms with E-state index in [2.05, 4.69) is 0 Å². The normalized spacial score (nSPS) is 16.9. The Labute approximate surface area is 222 Å². The lowest BCUT2D eigenvalue weighted by Crippen LogP contribution is -2.32. The number of ether oxygens (including phenoxy) is 3. The Morgan fingerprint density at radius 2 is 1.71 bits per heavy atom. The zero-order valence-corrected chi connectivity index (χ0v) is 22.7. The molecule has 204 valence electrons. The summed E-state index contributed by atoms with van der Waals surface area (Å²) >= 11 is 0. The summed E-state index contributed by atoms with van der Waals surface area (Å²) in [6.07, 6.45) is 2.22. The molecule has 9 nitrogen and oxygen atoms in total. The summed E-state index contributed by atoms with van der Waals surface area (Å²) in [6, 6.07) is 3.62. The van der Waals surface area contributed by atoms with Crippen molar-refractivity contribution in [1.82, 2.24) is 9.55 Å². The standard InChI is InChI=1S/C22H16N2O6.C3H8O.2C2H6/c25-19-11-4-15-18-12(6-24(15)21(26)13(11)7-28-22(19)27)9-2-1-3-10-17(9)14(23-18)5-16-20(10)30-8-29-16;1-2-3-4;2*1-2/h4-5,19,25H,1-3,6-8H2;4H,2-3H2,1H3;2*1-2H3. The third-order valence-corrected chi connectivity index (χ3v) is 6.87. The molecule has 9 heteroatoms. The Morgan fingerprint density at radius 1 is 1.00 bits per heavy atom. The van der Waals surface area contributed by atoms with Gasteiger partial charge < -0.3 is 29.0 Å². The van der Waals surface area contributed by atoms with Crippen LogP contribution in [-0.2, 0) is 35.5 Å². The molecule has 1 unspecified atom stereocenters. The van der Waals surface area contributed by atoms with Gasteiger partial charge in [-0.2, -0.15) is 0 Å². The number of benzene rings is 1. The molecule has 2 N–H and O–H groups in total. The number of esters is 1. The summed E-state index contributed by atoms with van der Waals surface area (Å²) in [6.45, 7) is 10.8. The van der Waals surface area contributed by atoms with Gasteiger partial charge in [-0.1, -0.05) is 34.6 Å². The van der Waals surface area contributed by atoms with Gasteiger partial charge in [-0.05, 0) is 37.3 Å². The van der Waals surface area contributed by atoms with Crippen molar-refractivity contribution in [2.24, 2.45) is 0 Å². The minimum atomic E-state index is -1.45. The Bertz CT molecular complexity index is 1430. The van der Waals surface area contributed by atoms with Gasteiger partial charge in [0.1, 0.15) is 6.61 Å². The zero-order chi connectivity index (χ0) is 27.6. The number of aliphatic hydroxyl groups excluding tert-OH is 2. The number of fused-ring (bicyclic) bond motifs is 7. The maximum absolute atomic E-state index is 13.2. The number of aryl methyl sites for hydroxylation is 2. The van der Waals surface area contributed by atoms with Crippen molar-refractivity contribution in [3.05, 3.63) is 50.3 Å². The number of carbonyl (C=O) groups excluding carboxylic acids is 1. The predicted molar refractivity (Wildman–Crippen MR) is 144 cm³/mol. The molecule has 38 heavy (non-hydrogen) atoms. The van der Waals surface area contributed by atoms with Gasteiger partial charge in [-0.3, -0.25) is 4.79 Å². The van der Waals surface area contributed by atoms with E-state index in [1.807, 2.05) is 40.7 Å². The maximum atomic E-state index is 13.2. The molecule has 0 saturated carbocycles. The minimum absolute atomic E-state index is 0.117. The molecule has 1 atom stereocenters. The molecule has 0 fully saturated rings. The second kappa shape index (κ2) is 11.5. The second-order valence-electron chi connectivity index (χ2n) is 8.84. The molecule has 3 aromatic rings. The number of pyridine rings is 2.